The molecular formula is C25H34FN5O3. The van der Waals surface area contributed by atoms with Crippen LogP contribution in [-0.2, 0) is 11.2 Å². The molecule has 3 heterocycles. The fourth-order valence-corrected chi connectivity index (χ4v) is 4.65. The normalized spacial score (nSPS) is 18.6. The van der Waals surface area contributed by atoms with Crippen LogP contribution >= 0.6 is 0 Å². The number of nitrogens with one attached hydrogen (secondary N) is 1. The molecule has 0 aliphatic carbocycles. The Balaban J connectivity index is 1.52. The number of anilines is 2. The van der Waals surface area contributed by atoms with E-state index < -0.39 is 5.82 Å². The smallest absolute Gasteiger partial charge is 0.220 e. The van der Waals surface area contributed by atoms with Gasteiger partial charge >= 0.3 is 0 Å². The van der Waals surface area contributed by atoms with Crippen molar-refractivity contribution in [3.05, 3.63) is 35.4 Å². The molecule has 184 valence electrons. The summed E-state index contributed by atoms with van der Waals surface area (Å²) >= 11 is 0. The number of rotatable bonds is 6. The predicted octanol–water partition coefficient (Wildman–Crippen LogP) is 3.96. The second-order valence-corrected chi connectivity index (χ2v) is 9.27. The van der Waals surface area contributed by atoms with Gasteiger partial charge < -0.3 is 24.6 Å². The molecule has 1 aromatic heterocycles. The van der Waals surface area contributed by atoms with Gasteiger partial charge in [-0.3, -0.25) is 4.79 Å². The minimum absolute atomic E-state index is 0.0506. The van der Waals surface area contributed by atoms with Crippen LogP contribution < -0.4 is 19.7 Å². The SMILES string of the molecule is COc1ccc(OC2CCN(c3nc4c(nc3NC(C)C)CCN(C(C)=O)C4C)CC2)c(F)c1. The first-order valence-electron chi connectivity index (χ1n) is 12.0. The van der Waals surface area contributed by atoms with Crippen LogP contribution in [0.15, 0.2) is 18.2 Å². The zero-order valence-electron chi connectivity index (χ0n) is 20.6. The number of hydrogen-bond acceptors (Lipinski definition) is 7. The molecule has 1 atom stereocenters. The van der Waals surface area contributed by atoms with E-state index in [9.17, 15) is 9.18 Å². The summed E-state index contributed by atoms with van der Waals surface area (Å²) in [6.07, 6.45) is 2.09. The van der Waals surface area contributed by atoms with Gasteiger partial charge in [0.2, 0.25) is 5.91 Å². The third-order valence-electron chi connectivity index (χ3n) is 6.44. The number of fused-ring (bicyclic) bond motifs is 1. The summed E-state index contributed by atoms with van der Waals surface area (Å²) in [5.41, 5.74) is 1.81. The molecule has 8 nitrogen and oxygen atoms in total. The Labute approximate surface area is 200 Å². The Kier molecular flexibility index (Phi) is 7.09. The van der Waals surface area contributed by atoms with Crippen molar-refractivity contribution in [2.75, 3.05) is 37.0 Å². The maximum absolute atomic E-state index is 14.3. The number of ether oxygens (including phenoxy) is 2. The van der Waals surface area contributed by atoms with Gasteiger partial charge in [0.1, 0.15) is 11.9 Å². The summed E-state index contributed by atoms with van der Waals surface area (Å²) in [5.74, 6) is 1.92. The van der Waals surface area contributed by atoms with Crippen LogP contribution in [0.2, 0.25) is 0 Å². The van der Waals surface area contributed by atoms with E-state index in [-0.39, 0.29) is 29.8 Å². The van der Waals surface area contributed by atoms with E-state index in [1.165, 1.54) is 13.2 Å². The van der Waals surface area contributed by atoms with Gasteiger partial charge in [0.25, 0.3) is 0 Å². The minimum Gasteiger partial charge on any atom is -0.497 e. The lowest BCUT2D eigenvalue weighted by molar-refractivity contribution is -0.131. The summed E-state index contributed by atoms with van der Waals surface area (Å²) in [4.78, 5) is 26.1. The number of nitrogens with zero attached hydrogens (tertiary/aromatic N) is 4. The third kappa shape index (κ3) is 5.03. The first kappa shape index (κ1) is 24.0. The molecule has 0 radical (unpaired) electrons. The Morgan fingerprint density at radius 3 is 2.56 bits per heavy atom. The van der Waals surface area contributed by atoms with Gasteiger partial charge in [0, 0.05) is 57.9 Å². The monoisotopic (exact) mass is 471 g/mol. The van der Waals surface area contributed by atoms with Crippen molar-refractivity contribution < 1.29 is 18.7 Å². The van der Waals surface area contributed by atoms with Crippen LogP contribution in [0, 0.1) is 5.82 Å². The topological polar surface area (TPSA) is 79.8 Å². The molecule has 0 bridgehead atoms. The first-order valence-corrected chi connectivity index (χ1v) is 12.0. The zero-order valence-corrected chi connectivity index (χ0v) is 20.6. The highest BCUT2D eigenvalue weighted by molar-refractivity contribution is 5.74. The van der Waals surface area contributed by atoms with E-state index in [1.807, 2.05) is 11.8 Å². The van der Waals surface area contributed by atoms with Crippen molar-refractivity contribution in [2.45, 2.75) is 65.1 Å². The Morgan fingerprint density at radius 2 is 1.94 bits per heavy atom. The second-order valence-electron chi connectivity index (χ2n) is 9.27. The quantitative estimate of drug-likeness (QED) is 0.683. The van der Waals surface area contributed by atoms with Crippen molar-refractivity contribution in [1.29, 1.82) is 0 Å². The summed E-state index contributed by atoms with van der Waals surface area (Å²) in [6, 6.07) is 4.75. The molecule has 1 amide bonds. The van der Waals surface area contributed by atoms with Gasteiger partial charge in [-0.2, -0.15) is 0 Å². The number of piperidine rings is 1. The van der Waals surface area contributed by atoms with Crippen molar-refractivity contribution in [3.63, 3.8) is 0 Å². The highest BCUT2D eigenvalue weighted by Crippen LogP contribution is 2.34. The maximum Gasteiger partial charge on any atom is 0.220 e. The molecule has 34 heavy (non-hydrogen) atoms. The molecule has 2 aromatic rings. The van der Waals surface area contributed by atoms with E-state index in [2.05, 4.69) is 24.1 Å². The zero-order chi connectivity index (χ0) is 24.4. The van der Waals surface area contributed by atoms with Gasteiger partial charge in [0.05, 0.1) is 24.5 Å². The number of halogens is 1. The molecule has 0 spiro atoms. The van der Waals surface area contributed by atoms with E-state index in [0.717, 1.165) is 35.9 Å². The first-order chi connectivity index (χ1) is 16.3. The number of amides is 1. The predicted molar refractivity (Wildman–Crippen MR) is 129 cm³/mol. The van der Waals surface area contributed by atoms with Crippen molar-refractivity contribution in [2.24, 2.45) is 0 Å². The summed E-state index contributed by atoms with van der Waals surface area (Å²) in [5, 5.41) is 3.45. The highest BCUT2D eigenvalue weighted by Gasteiger charge is 2.32. The summed E-state index contributed by atoms with van der Waals surface area (Å²) in [7, 11) is 1.51. The molecule has 1 saturated heterocycles. The van der Waals surface area contributed by atoms with Gasteiger partial charge in [-0.15, -0.1) is 0 Å². The number of benzene rings is 1. The number of methoxy groups -OCH3 is 1. The molecule has 1 N–H and O–H groups in total. The molecule has 1 aromatic carbocycles. The average molecular weight is 472 g/mol. The van der Waals surface area contributed by atoms with E-state index >= 15 is 0 Å². The van der Waals surface area contributed by atoms with Crippen LogP contribution in [0.5, 0.6) is 11.5 Å². The van der Waals surface area contributed by atoms with Crippen LogP contribution in [-0.4, -0.2) is 59.7 Å². The third-order valence-corrected chi connectivity index (χ3v) is 6.44. The number of carbonyl (C=O) groups is 1. The maximum atomic E-state index is 14.3. The highest BCUT2D eigenvalue weighted by atomic mass is 19.1. The van der Waals surface area contributed by atoms with Crippen LogP contribution in [0.3, 0.4) is 0 Å². The average Bonchev–Trinajstić information content (AvgIpc) is 2.80. The fourth-order valence-electron chi connectivity index (χ4n) is 4.65. The van der Waals surface area contributed by atoms with Gasteiger partial charge in [0.15, 0.2) is 23.2 Å². The largest absolute Gasteiger partial charge is 0.497 e. The standard InChI is InChI=1S/C25H34FN5O3/c1-15(2)27-24-25(29-23-16(3)31(17(4)32)13-10-21(23)28-24)30-11-8-18(9-12-30)34-22-7-6-19(33-5)14-20(22)26/h6-7,14-16,18H,8-13H2,1-5H3,(H,27,28). The minimum atomic E-state index is -0.422. The molecule has 2 aliphatic rings. The van der Waals surface area contributed by atoms with Gasteiger partial charge in [-0.05, 0) is 32.9 Å². The van der Waals surface area contributed by atoms with Crippen LogP contribution in [0.25, 0.3) is 0 Å². The lowest BCUT2D eigenvalue weighted by atomic mass is 10.0. The molecule has 2 aliphatic heterocycles. The molecule has 4 rings (SSSR count). The number of carbonyl (C=O) groups excluding carboxylic acids is 1. The Morgan fingerprint density at radius 1 is 1.21 bits per heavy atom. The molecule has 1 unspecified atom stereocenters. The van der Waals surface area contributed by atoms with E-state index in [0.29, 0.717) is 31.8 Å². The second kappa shape index (κ2) is 10.0. The van der Waals surface area contributed by atoms with Crippen LogP contribution in [0.4, 0.5) is 16.0 Å². The summed E-state index contributed by atoms with van der Waals surface area (Å²) < 4.78 is 25.3. The Hall–Kier alpha value is -3.10. The molecule has 0 saturated carbocycles. The molecule has 9 heteroatoms. The molecule has 1 fully saturated rings. The number of hydrogen-bond donors (Lipinski definition) is 1. The van der Waals surface area contributed by atoms with Gasteiger partial charge in [-0.25, -0.2) is 14.4 Å². The lowest BCUT2D eigenvalue weighted by Gasteiger charge is -2.37. The van der Waals surface area contributed by atoms with Crippen molar-refractivity contribution in [3.8, 4) is 11.5 Å². The van der Waals surface area contributed by atoms with E-state index in [1.54, 1.807) is 19.1 Å². The number of aromatic nitrogens is 2. The summed E-state index contributed by atoms with van der Waals surface area (Å²) in [6.45, 7) is 9.85. The Bertz CT molecular complexity index is 1040. The van der Waals surface area contributed by atoms with Crippen LogP contribution in [0.1, 0.15) is 58.0 Å². The van der Waals surface area contributed by atoms with Gasteiger partial charge in [-0.1, -0.05) is 0 Å². The lowest BCUT2D eigenvalue weighted by Crippen LogP contribution is -2.41. The van der Waals surface area contributed by atoms with Crippen molar-refractivity contribution >= 4 is 17.5 Å². The fraction of sp³-hybridized carbons (Fsp3) is 0.560. The van der Waals surface area contributed by atoms with Crippen molar-refractivity contribution in [1.82, 2.24) is 14.9 Å². The molecular weight excluding hydrogens is 437 g/mol. The van der Waals surface area contributed by atoms with E-state index in [4.69, 9.17) is 19.4 Å².